The van der Waals surface area contributed by atoms with Gasteiger partial charge in [-0.2, -0.15) is 5.10 Å². The van der Waals surface area contributed by atoms with Crippen molar-refractivity contribution in [2.24, 2.45) is 0 Å². The topological polar surface area (TPSA) is 106 Å². The van der Waals surface area contributed by atoms with Crippen molar-refractivity contribution in [3.8, 4) is 16.9 Å². The van der Waals surface area contributed by atoms with Crippen LogP contribution < -0.4 is 15.4 Å². The molecule has 1 aliphatic heterocycles. The number of Topliss-reactive ketones (excluding diaryl/α,β-unsaturated/α-hetero) is 1. The number of amides is 2. The van der Waals surface area contributed by atoms with E-state index in [4.69, 9.17) is 4.74 Å². The van der Waals surface area contributed by atoms with E-state index in [2.05, 4.69) is 15.7 Å². The number of methoxy groups -OCH3 is 1. The van der Waals surface area contributed by atoms with E-state index in [1.54, 1.807) is 80.7 Å². The molecule has 9 nitrogen and oxygen atoms in total. The van der Waals surface area contributed by atoms with E-state index in [1.807, 2.05) is 24.3 Å². The predicted molar refractivity (Wildman–Crippen MR) is 148 cm³/mol. The Morgan fingerprint density at radius 2 is 1.87 bits per heavy atom. The van der Waals surface area contributed by atoms with Crippen molar-refractivity contribution in [1.82, 2.24) is 20.0 Å². The van der Waals surface area contributed by atoms with E-state index >= 15 is 0 Å². The number of ether oxygens (including phenoxy) is 1. The van der Waals surface area contributed by atoms with Crippen molar-refractivity contribution < 1.29 is 19.1 Å². The van der Waals surface area contributed by atoms with Crippen molar-refractivity contribution in [3.63, 3.8) is 0 Å². The van der Waals surface area contributed by atoms with Crippen LogP contribution >= 0.6 is 0 Å². The summed E-state index contributed by atoms with van der Waals surface area (Å²) in [6.07, 6.45) is 3.41. The minimum atomic E-state index is -0.415. The summed E-state index contributed by atoms with van der Waals surface area (Å²) < 4.78 is 7.19. The minimum Gasteiger partial charge on any atom is -0.496 e. The van der Waals surface area contributed by atoms with Crippen LogP contribution in [0.1, 0.15) is 37.9 Å². The summed E-state index contributed by atoms with van der Waals surface area (Å²) >= 11 is 0. The third kappa shape index (κ3) is 5.30. The number of carbonyl (C=O) groups is 3. The van der Waals surface area contributed by atoms with Crippen LogP contribution in [0, 0.1) is 0 Å². The fourth-order valence-corrected chi connectivity index (χ4v) is 4.80. The lowest BCUT2D eigenvalue weighted by molar-refractivity contribution is -0.121. The van der Waals surface area contributed by atoms with Crippen molar-refractivity contribution in [1.29, 1.82) is 0 Å². The number of benzene rings is 3. The van der Waals surface area contributed by atoms with E-state index in [9.17, 15) is 14.4 Å². The van der Waals surface area contributed by atoms with Gasteiger partial charge in [0.1, 0.15) is 12.3 Å². The molecule has 1 unspecified atom stereocenters. The molecule has 0 fully saturated rings. The van der Waals surface area contributed by atoms with Gasteiger partial charge in [0, 0.05) is 49.8 Å². The lowest BCUT2D eigenvalue weighted by Gasteiger charge is -2.16. The number of nitrogens with one attached hydrogen (secondary N) is 2. The number of aromatic nitrogens is 2. The highest BCUT2D eigenvalue weighted by atomic mass is 16.5. The van der Waals surface area contributed by atoms with E-state index in [0.29, 0.717) is 34.7 Å². The van der Waals surface area contributed by atoms with Gasteiger partial charge in [-0.25, -0.2) is 0 Å². The number of carbonyl (C=O) groups excluding carboxylic acids is 3. The van der Waals surface area contributed by atoms with Gasteiger partial charge in [-0.3, -0.25) is 24.4 Å². The number of hydrogen-bond acceptors (Lipinski definition) is 6. The Kier molecular flexibility index (Phi) is 7.25. The average Bonchev–Trinajstić information content (AvgIpc) is 3.62. The lowest BCUT2D eigenvalue weighted by atomic mass is 9.96. The average molecular weight is 524 g/mol. The first-order chi connectivity index (χ1) is 18.9. The zero-order valence-electron chi connectivity index (χ0n) is 22.0. The van der Waals surface area contributed by atoms with Crippen LogP contribution in [0.3, 0.4) is 0 Å². The van der Waals surface area contributed by atoms with Gasteiger partial charge < -0.3 is 15.0 Å². The standard InChI is InChI=1S/C30H29N5O4/c1-34(2)30(38)20-10-8-19(9-11-20)27-24(6-4-7-26(27)39-3)29(37)33-22-12-13-23-21(16-22)17-31-28(23)25(36)18-35-15-5-14-32-35/h4-16,28,31H,17-18H2,1-3H3,(H,33,37). The molecule has 0 saturated carbocycles. The SMILES string of the molecule is COc1cccc(C(=O)Nc2ccc3c(c2)CNC3C(=O)Cn2cccn2)c1-c1ccc(C(=O)N(C)C)cc1. The zero-order valence-corrected chi connectivity index (χ0v) is 22.0. The molecule has 0 aliphatic carbocycles. The molecule has 1 aromatic heterocycles. The number of nitrogens with zero attached hydrogens (tertiary/aromatic N) is 3. The van der Waals surface area contributed by atoms with Gasteiger partial charge in [-0.15, -0.1) is 0 Å². The molecular weight excluding hydrogens is 494 g/mol. The quantitative estimate of drug-likeness (QED) is 0.363. The first-order valence-corrected chi connectivity index (χ1v) is 12.5. The van der Waals surface area contributed by atoms with E-state index in [1.165, 1.54) is 4.90 Å². The Morgan fingerprint density at radius 3 is 2.56 bits per heavy atom. The summed E-state index contributed by atoms with van der Waals surface area (Å²) in [5.41, 5.74) is 4.86. The Labute approximate surface area is 226 Å². The van der Waals surface area contributed by atoms with Crippen LogP contribution in [0.25, 0.3) is 11.1 Å². The predicted octanol–water partition coefficient (Wildman–Crippen LogP) is 3.93. The van der Waals surface area contributed by atoms with Gasteiger partial charge in [0.25, 0.3) is 11.8 Å². The fraction of sp³-hybridized carbons (Fsp3) is 0.200. The van der Waals surface area contributed by atoms with Gasteiger partial charge in [-0.05, 0) is 59.2 Å². The maximum absolute atomic E-state index is 13.5. The molecule has 5 rings (SSSR count). The Hall–Kier alpha value is -4.76. The van der Waals surface area contributed by atoms with Crippen LogP contribution in [-0.2, 0) is 17.9 Å². The highest BCUT2D eigenvalue weighted by molar-refractivity contribution is 6.10. The molecule has 1 aliphatic rings. The molecular formula is C30H29N5O4. The molecule has 198 valence electrons. The van der Waals surface area contributed by atoms with E-state index < -0.39 is 6.04 Å². The van der Waals surface area contributed by atoms with E-state index in [-0.39, 0.29) is 24.1 Å². The summed E-state index contributed by atoms with van der Waals surface area (Å²) in [5.74, 6) is 0.171. The number of anilines is 1. The highest BCUT2D eigenvalue weighted by Gasteiger charge is 2.28. The largest absolute Gasteiger partial charge is 0.496 e. The molecule has 2 heterocycles. The zero-order chi connectivity index (χ0) is 27.5. The summed E-state index contributed by atoms with van der Waals surface area (Å²) in [6, 6.07) is 19.4. The number of ketones is 1. The van der Waals surface area contributed by atoms with Gasteiger partial charge in [0.15, 0.2) is 5.78 Å². The van der Waals surface area contributed by atoms with Crippen LogP contribution in [0.5, 0.6) is 5.75 Å². The first kappa shape index (κ1) is 25.9. The first-order valence-electron chi connectivity index (χ1n) is 12.5. The van der Waals surface area contributed by atoms with Crippen LogP contribution in [-0.4, -0.2) is 53.5 Å². The summed E-state index contributed by atoms with van der Waals surface area (Å²) in [6.45, 7) is 0.711. The minimum absolute atomic E-state index is 0.0218. The second-order valence-corrected chi connectivity index (χ2v) is 9.51. The molecule has 0 spiro atoms. The van der Waals surface area contributed by atoms with Crippen LogP contribution in [0.4, 0.5) is 5.69 Å². The number of rotatable bonds is 8. The third-order valence-corrected chi connectivity index (χ3v) is 6.72. The van der Waals surface area contributed by atoms with E-state index in [0.717, 1.165) is 16.7 Å². The lowest BCUT2D eigenvalue weighted by Crippen LogP contribution is -2.25. The van der Waals surface area contributed by atoms with Crippen molar-refractivity contribution in [3.05, 3.63) is 101 Å². The molecule has 0 radical (unpaired) electrons. The molecule has 9 heteroatoms. The highest BCUT2D eigenvalue weighted by Crippen LogP contribution is 2.35. The van der Waals surface area contributed by atoms with Gasteiger partial charge >= 0.3 is 0 Å². The fourth-order valence-electron chi connectivity index (χ4n) is 4.80. The number of hydrogen-bond donors (Lipinski definition) is 2. The summed E-state index contributed by atoms with van der Waals surface area (Å²) in [7, 11) is 4.96. The van der Waals surface area contributed by atoms with Crippen molar-refractivity contribution >= 4 is 23.3 Å². The van der Waals surface area contributed by atoms with Crippen LogP contribution in [0.15, 0.2) is 79.1 Å². The monoisotopic (exact) mass is 523 g/mol. The second-order valence-electron chi connectivity index (χ2n) is 9.51. The Bertz CT molecular complexity index is 1530. The smallest absolute Gasteiger partial charge is 0.256 e. The molecule has 0 bridgehead atoms. The van der Waals surface area contributed by atoms with Crippen molar-refractivity contribution in [2.45, 2.75) is 19.1 Å². The molecule has 0 saturated heterocycles. The maximum Gasteiger partial charge on any atom is 0.256 e. The number of fused-ring (bicyclic) bond motifs is 1. The Morgan fingerprint density at radius 1 is 1.08 bits per heavy atom. The normalized spacial score (nSPS) is 14.0. The molecule has 2 amide bonds. The van der Waals surface area contributed by atoms with Crippen LogP contribution in [0.2, 0.25) is 0 Å². The third-order valence-electron chi connectivity index (χ3n) is 6.72. The van der Waals surface area contributed by atoms with Gasteiger partial charge in [0.05, 0.1) is 18.7 Å². The van der Waals surface area contributed by atoms with Crippen molar-refractivity contribution in [2.75, 3.05) is 26.5 Å². The summed E-state index contributed by atoms with van der Waals surface area (Å²) in [4.78, 5) is 40.1. The second kappa shape index (κ2) is 10.9. The molecule has 39 heavy (non-hydrogen) atoms. The molecule has 4 aromatic rings. The molecule has 3 aromatic carbocycles. The molecule has 2 N–H and O–H groups in total. The molecule has 1 atom stereocenters. The maximum atomic E-state index is 13.5. The summed E-state index contributed by atoms with van der Waals surface area (Å²) in [5, 5.41) is 10.4. The Balaban J connectivity index is 1.37. The van der Waals surface area contributed by atoms with Gasteiger partial charge in [-0.1, -0.05) is 24.3 Å². The van der Waals surface area contributed by atoms with Gasteiger partial charge in [0.2, 0.25) is 0 Å².